The summed E-state index contributed by atoms with van der Waals surface area (Å²) < 4.78 is 37.5. The number of halogens is 1. The molecule has 0 aliphatic heterocycles. The van der Waals surface area contributed by atoms with Gasteiger partial charge in [-0.2, -0.15) is 0 Å². The van der Waals surface area contributed by atoms with E-state index in [0.717, 1.165) is 24.8 Å². The molecule has 31 heavy (non-hydrogen) atoms. The van der Waals surface area contributed by atoms with Gasteiger partial charge < -0.3 is 15.3 Å². The summed E-state index contributed by atoms with van der Waals surface area (Å²) in [7, 11) is -3.93. The van der Waals surface area contributed by atoms with Crippen molar-refractivity contribution in [2.45, 2.75) is 57.1 Å². The van der Waals surface area contributed by atoms with Gasteiger partial charge in [-0.25, -0.2) is 17.9 Å². The van der Waals surface area contributed by atoms with E-state index in [1.54, 1.807) is 24.3 Å². The number of aliphatic hydroxyl groups excluding tert-OH is 1. The second kappa shape index (κ2) is 11.6. The van der Waals surface area contributed by atoms with E-state index in [4.69, 9.17) is 5.14 Å². The molecule has 6 nitrogen and oxygen atoms in total. The number of benzene rings is 2. The molecular formula is C23H34FN3O3S. The molecule has 0 aromatic heterocycles. The van der Waals surface area contributed by atoms with Gasteiger partial charge in [0.1, 0.15) is 10.7 Å². The molecule has 0 heterocycles. The minimum absolute atomic E-state index is 0.0240. The molecule has 8 heteroatoms. The maximum atomic E-state index is 13.2. The third kappa shape index (κ3) is 7.57. The number of nitrogens with two attached hydrogens (primary N) is 1. The molecule has 0 fully saturated rings. The maximum absolute atomic E-state index is 13.2. The van der Waals surface area contributed by atoms with Crippen LogP contribution in [-0.4, -0.2) is 39.2 Å². The van der Waals surface area contributed by atoms with Gasteiger partial charge >= 0.3 is 0 Å². The molecule has 2 aromatic rings. The predicted octanol–water partition coefficient (Wildman–Crippen LogP) is 3.35. The van der Waals surface area contributed by atoms with Crippen LogP contribution >= 0.6 is 0 Å². The summed E-state index contributed by atoms with van der Waals surface area (Å²) >= 11 is 0. The Labute approximate surface area is 185 Å². The van der Waals surface area contributed by atoms with Crippen molar-refractivity contribution >= 4 is 15.7 Å². The predicted molar refractivity (Wildman–Crippen MR) is 123 cm³/mol. The van der Waals surface area contributed by atoms with Gasteiger partial charge in [0.15, 0.2) is 0 Å². The largest absolute Gasteiger partial charge is 0.387 e. The zero-order chi connectivity index (χ0) is 23.0. The van der Waals surface area contributed by atoms with Crippen LogP contribution in [0, 0.1) is 5.82 Å². The first kappa shape index (κ1) is 25.3. The molecule has 172 valence electrons. The Morgan fingerprint density at radius 3 is 2.48 bits per heavy atom. The number of hydrogen-bond donors (Lipinski definition) is 3. The van der Waals surface area contributed by atoms with Crippen LogP contribution in [0.4, 0.5) is 10.1 Å². The molecule has 2 atom stereocenters. The minimum Gasteiger partial charge on any atom is -0.387 e. The first-order chi connectivity index (χ1) is 14.7. The first-order valence-electron chi connectivity index (χ1n) is 10.7. The van der Waals surface area contributed by atoms with Crippen molar-refractivity contribution in [2.75, 3.05) is 24.5 Å². The molecule has 0 bridgehead atoms. The standard InChI is InChI=1S/C23H34FN3O3S/c1-4-27(5-2)21-13-12-19(15-23(21)31(25,29)30)22(28)16-26-17(3)8-6-9-18-10-7-11-20(24)14-18/h7,10-15,17,22,26,28H,4-6,8-9,16H2,1-3H3,(H2,25,29,30). The van der Waals surface area contributed by atoms with Gasteiger partial charge in [-0.1, -0.05) is 18.2 Å². The second-order valence-electron chi connectivity index (χ2n) is 7.79. The topological polar surface area (TPSA) is 95.7 Å². The van der Waals surface area contributed by atoms with Crippen LogP contribution in [0.25, 0.3) is 0 Å². The summed E-state index contributed by atoms with van der Waals surface area (Å²) in [4.78, 5) is 1.94. The van der Waals surface area contributed by atoms with Crippen LogP contribution in [0.3, 0.4) is 0 Å². The highest BCUT2D eigenvalue weighted by molar-refractivity contribution is 7.89. The average molecular weight is 452 g/mol. The van der Waals surface area contributed by atoms with Crippen LogP contribution in [0.5, 0.6) is 0 Å². The minimum atomic E-state index is -3.93. The van der Waals surface area contributed by atoms with Crippen LogP contribution in [0.15, 0.2) is 47.4 Å². The molecule has 0 aliphatic carbocycles. The Morgan fingerprint density at radius 2 is 1.87 bits per heavy atom. The number of rotatable bonds is 12. The fourth-order valence-corrected chi connectivity index (χ4v) is 4.42. The molecule has 2 rings (SSSR count). The lowest BCUT2D eigenvalue weighted by Crippen LogP contribution is -2.31. The molecule has 0 aliphatic rings. The Morgan fingerprint density at radius 1 is 1.16 bits per heavy atom. The molecule has 0 saturated heterocycles. The van der Waals surface area contributed by atoms with Crippen molar-refractivity contribution in [1.82, 2.24) is 5.32 Å². The number of primary sulfonamides is 1. The molecule has 0 spiro atoms. The van der Waals surface area contributed by atoms with Crippen LogP contribution in [0.1, 0.15) is 50.8 Å². The third-order valence-electron chi connectivity index (χ3n) is 5.43. The van der Waals surface area contributed by atoms with Gasteiger partial charge in [-0.05, 0) is 75.4 Å². The third-order valence-corrected chi connectivity index (χ3v) is 6.37. The van der Waals surface area contributed by atoms with Gasteiger partial charge in [0.2, 0.25) is 10.0 Å². The van der Waals surface area contributed by atoms with Gasteiger partial charge in [-0.15, -0.1) is 0 Å². The van der Waals surface area contributed by atoms with Crippen molar-refractivity contribution in [2.24, 2.45) is 5.14 Å². The second-order valence-corrected chi connectivity index (χ2v) is 9.32. The van der Waals surface area contributed by atoms with E-state index >= 15 is 0 Å². The number of hydrogen-bond acceptors (Lipinski definition) is 5. The van der Waals surface area contributed by atoms with Gasteiger partial charge in [0.25, 0.3) is 0 Å². The smallest absolute Gasteiger partial charge is 0.240 e. The summed E-state index contributed by atoms with van der Waals surface area (Å²) in [6.07, 6.45) is 1.68. The van der Waals surface area contributed by atoms with Crippen molar-refractivity contribution in [3.05, 3.63) is 59.4 Å². The van der Waals surface area contributed by atoms with Crippen LogP contribution in [0.2, 0.25) is 0 Å². The molecule has 0 amide bonds. The SMILES string of the molecule is CCN(CC)c1ccc(C(O)CNC(C)CCCc2cccc(F)c2)cc1S(N)(=O)=O. The summed E-state index contributed by atoms with van der Waals surface area (Å²) in [6, 6.07) is 11.7. The fourth-order valence-electron chi connectivity index (χ4n) is 3.63. The molecule has 2 unspecified atom stereocenters. The Hall–Kier alpha value is -2.00. The summed E-state index contributed by atoms with van der Waals surface area (Å²) in [6.45, 7) is 7.50. The maximum Gasteiger partial charge on any atom is 0.240 e. The average Bonchev–Trinajstić information content (AvgIpc) is 2.72. The monoisotopic (exact) mass is 451 g/mol. The molecule has 0 radical (unpaired) electrons. The zero-order valence-corrected chi connectivity index (χ0v) is 19.3. The van der Waals surface area contributed by atoms with E-state index in [0.29, 0.717) is 24.3 Å². The lowest BCUT2D eigenvalue weighted by atomic mass is 10.0. The molecular weight excluding hydrogens is 417 g/mol. The quantitative estimate of drug-likeness (QED) is 0.460. The zero-order valence-electron chi connectivity index (χ0n) is 18.5. The van der Waals surface area contributed by atoms with Gasteiger partial charge in [0.05, 0.1) is 11.8 Å². The number of aryl methyl sites for hydroxylation is 1. The highest BCUT2D eigenvalue weighted by atomic mass is 32.2. The van der Waals surface area contributed by atoms with Crippen molar-refractivity contribution in [3.8, 4) is 0 Å². The highest BCUT2D eigenvalue weighted by Gasteiger charge is 2.20. The first-order valence-corrected chi connectivity index (χ1v) is 12.3. The van der Waals surface area contributed by atoms with E-state index in [1.807, 2.05) is 31.7 Å². The lowest BCUT2D eigenvalue weighted by Gasteiger charge is -2.25. The number of nitrogens with zero attached hydrogens (tertiary/aromatic N) is 1. The Balaban J connectivity index is 1.95. The van der Waals surface area contributed by atoms with Crippen molar-refractivity contribution < 1.29 is 17.9 Å². The lowest BCUT2D eigenvalue weighted by molar-refractivity contribution is 0.169. The number of sulfonamides is 1. The molecule has 2 aromatic carbocycles. The molecule has 4 N–H and O–H groups in total. The van der Waals surface area contributed by atoms with E-state index in [9.17, 15) is 17.9 Å². The van der Waals surface area contributed by atoms with E-state index in [-0.39, 0.29) is 23.3 Å². The van der Waals surface area contributed by atoms with E-state index in [1.165, 1.54) is 12.1 Å². The Kier molecular flexibility index (Phi) is 9.43. The van der Waals surface area contributed by atoms with E-state index < -0.39 is 16.1 Å². The van der Waals surface area contributed by atoms with Crippen LogP contribution < -0.4 is 15.4 Å². The van der Waals surface area contributed by atoms with Gasteiger partial charge in [-0.3, -0.25) is 0 Å². The summed E-state index contributed by atoms with van der Waals surface area (Å²) in [5.41, 5.74) is 2.01. The summed E-state index contributed by atoms with van der Waals surface area (Å²) in [5.74, 6) is -0.224. The van der Waals surface area contributed by atoms with Gasteiger partial charge in [0, 0.05) is 25.7 Å². The molecule has 0 saturated carbocycles. The fraction of sp³-hybridized carbons (Fsp3) is 0.478. The van der Waals surface area contributed by atoms with Crippen molar-refractivity contribution in [1.29, 1.82) is 0 Å². The van der Waals surface area contributed by atoms with Crippen LogP contribution in [-0.2, 0) is 16.4 Å². The number of aliphatic hydroxyl groups is 1. The van der Waals surface area contributed by atoms with Crippen molar-refractivity contribution in [3.63, 3.8) is 0 Å². The number of anilines is 1. The summed E-state index contributed by atoms with van der Waals surface area (Å²) in [5, 5.41) is 19.3. The normalized spacial score (nSPS) is 13.7. The Bertz CT molecular complexity index is 949. The highest BCUT2D eigenvalue weighted by Crippen LogP contribution is 2.28. The number of nitrogens with one attached hydrogen (secondary N) is 1. The van der Waals surface area contributed by atoms with E-state index in [2.05, 4.69) is 5.32 Å².